The zero-order chi connectivity index (χ0) is 5.33. The van der Waals surface area contributed by atoms with Gasteiger partial charge in [-0.05, 0) is 12.8 Å². The van der Waals surface area contributed by atoms with E-state index in [4.69, 9.17) is 0 Å². The van der Waals surface area contributed by atoms with Crippen molar-refractivity contribution in [1.82, 2.24) is 10.9 Å². The van der Waals surface area contributed by atoms with E-state index in [0.29, 0.717) is 5.66 Å². The Labute approximate surface area is 44.3 Å². The predicted octanol–water partition coefficient (Wildman–Crippen LogP) is 0.610. The van der Waals surface area contributed by atoms with Crippen molar-refractivity contribution in [3.05, 3.63) is 0 Å². The average molecular weight is 100 g/mol. The molecule has 2 heteroatoms. The second-order valence-electron chi connectivity index (χ2n) is 2.04. The molecule has 0 saturated carbocycles. The van der Waals surface area contributed by atoms with Gasteiger partial charge in [0.05, 0.1) is 5.66 Å². The lowest BCUT2D eigenvalue weighted by molar-refractivity contribution is 0.563. The molecule has 42 valence electrons. The molecule has 1 aliphatic heterocycles. The molecule has 2 nitrogen and oxygen atoms in total. The van der Waals surface area contributed by atoms with Crippen LogP contribution in [0.5, 0.6) is 0 Å². The Kier molecular flexibility index (Phi) is 1.05. The van der Waals surface area contributed by atoms with Crippen LogP contribution in [-0.2, 0) is 0 Å². The van der Waals surface area contributed by atoms with Crippen molar-refractivity contribution in [3.63, 3.8) is 0 Å². The Morgan fingerprint density at radius 2 is 1.57 bits per heavy atom. The summed E-state index contributed by atoms with van der Waals surface area (Å²) >= 11 is 0. The van der Waals surface area contributed by atoms with Crippen molar-refractivity contribution in [2.45, 2.75) is 32.4 Å². The highest BCUT2D eigenvalue weighted by molar-refractivity contribution is 4.90. The van der Waals surface area contributed by atoms with E-state index in [9.17, 15) is 0 Å². The largest absolute Gasteiger partial charge is 0.235 e. The zero-order valence-electron chi connectivity index (χ0n) is 4.91. The van der Waals surface area contributed by atoms with Crippen molar-refractivity contribution in [1.29, 1.82) is 0 Å². The Balaban J connectivity index is 2.28. The third-order valence-electron chi connectivity index (χ3n) is 1.69. The minimum Gasteiger partial charge on any atom is -0.235 e. The fourth-order valence-electron chi connectivity index (χ4n) is 0.692. The first kappa shape index (κ1) is 5.06. The van der Waals surface area contributed by atoms with Gasteiger partial charge in [0.15, 0.2) is 0 Å². The van der Waals surface area contributed by atoms with Gasteiger partial charge < -0.3 is 0 Å². The molecule has 0 radical (unpaired) electrons. The topological polar surface area (TPSA) is 43.9 Å². The van der Waals surface area contributed by atoms with Gasteiger partial charge in [-0.25, -0.2) is 10.9 Å². The summed E-state index contributed by atoms with van der Waals surface area (Å²) < 4.78 is 0. The minimum atomic E-state index is 0.333. The molecule has 0 aromatic heterocycles. The van der Waals surface area contributed by atoms with E-state index in [-0.39, 0.29) is 0 Å². The second-order valence-corrected chi connectivity index (χ2v) is 2.04. The molecule has 1 rings (SSSR count). The normalized spacial score (nSPS) is 24.9. The van der Waals surface area contributed by atoms with Crippen LogP contribution in [0.3, 0.4) is 0 Å². The maximum Gasteiger partial charge on any atom is 0.0938 e. The maximum absolute atomic E-state index is 3.10. The van der Waals surface area contributed by atoms with E-state index in [1.165, 1.54) is 12.8 Å². The molecule has 2 N–H and O–H groups in total. The van der Waals surface area contributed by atoms with Gasteiger partial charge in [0.25, 0.3) is 0 Å². The van der Waals surface area contributed by atoms with Gasteiger partial charge in [0.2, 0.25) is 0 Å². The van der Waals surface area contributed by atoms with Gasteiger partial charge in [-0.15, -0.1) is 0 Å². The summed E-state index contributed by atoms with van der Waals surface area (Å²) in [4.78, 5) is 0. The molecular formula is C5H12N2. The summed E-state index contributed by atoms with van der Waals surface area (Å²) in [6.45, 7) is 4.35. The summed E-state index contributed by atoms with van der Waals surface area (Å²) in [6.07, 6.45) is 2.37. The Bertz CT molecular complexity index is 60.5. The lowest BCUT2D eigenvalue weighted by atomic mass is 10.1. The van der Waals surface area contributed by atoms with E-state index < -0.39 is 0 Å². The summed E-state index contributed by atoms with van der Waals surface area (Å²) in [5, 5.41) is 0. The van der Waals surface area contributed by atoms with Gasteiger partial charge >= 0.3 is 0 Å². The van der Waals surface area contributed by atoms with Crippen molar-refractivity contribution in [2.75, 3.05) is 0 Å². The highest BCUT2D eigenvalue weighted by atomic mass is 15.7. The average Bonchev–Trinajstić information content (AvgIpc) is 2.46. The lowest BCUT2D eigenvalue weighted by Gasteiger charge is -2.00. The number of hydrogen-bond donors (Lipinski definition) is 2. The smallest absolute Gasteiger partial charge is 0.0938 e. The molecular weight excluding hydrogens is 88.1 g/mol. The number of hydrazine groups is 1. The standard InChI is InChI=1S/C5H12N2/c1-3-5(4-2)6-7-5/h6-7H,3-4H2,1-2H3. The first-order valence-electron chi connectivity index (χ1n) is 2.87. The van der Waals surface area contributed by atoms with Gasteiger partial charge in [-0.2, -0.15) is 0 Å². The lowest BCUT2D eigenvalue weighted by Crippen LogP contribution is -2.12. The monoisotopic (exact) mass is 100 g/mol. The molecule has 1 fully saturated rings. The third kappa shape index (κ3) is 0.763. The van der Waals surface area contributed by atoms with E-state index in [2.05, 4.69) is 24.7 Å². The van der Waals surface area contributed by atoms with E-state index in [0.717, 1.165) is 0 Å². The molecule has 0 unspecified atom stereocenters. The molecule has 0 aliphatic carbocycles. The van der Waals surface area contributed by atoms with E-state index in [1.54, 1.807) is 0 Å². The molecule has 0 aromatic rings. The van der Waals surface area contributed by atoms with Crippen LogP contribution in [0, 0.1) is 0 Å². The minimum absolute atomic E-state index is 0.333. The van der Waals surface area contributed by atoms with Crippen LogP contribution >= 0.6 is 0 Å². The van der Waals surface area contributed by atoms with Gasteiger partial charge in [0, 0.05) is 0 Å². The molecule has 1 heterocycles. The van der Waals surface area contributed by atoms with Crippen LogP contribution in [0.1, 0.15) is 26.7 Å². The predicted molar refractivity (Wildman–Crippen MR) is 29.6 cm³/mol. The first-order valence-corrected chi connectivity index (χ1v) is 2.87. The first-order chi connectivity index (χ1) is 3.33. The van der Waals surface area contributed by atoms with Crippen molar-refractivity contribution >= 4 is 0 Å². The highest BCUT2D eigenvalue weighted by Crippen LogP contribution is 2.17. The van der Waals surface area contributed by atoms with E-state index in [1.807, 2.05) is 0 Å². The van der Waals surface area contributed by atoms with Crippen molar-refractivity contribution in [3.8, 4) is 0 Å². The van der Waals surface area contributed by atoms with Crippen LogP contribution < -0.4 is 10.9 Å². The van der Waals surface area contributed by atoms with Crippen molar-refractivity contribution < 1.29 is 0 Å². The van der Waals surface area contributed by atoms with Crippen LogP contribution in [-0.4, -0.2) is 5.66 Å². The van der Waals surface area contributed by atoms with Crippen LogP contribution in [0.2, 0.25) is 0 Å². The maximum atomic E-state index is 3.10. The van der Waals surface area contributed by atoms with Gasteiger partial charge in [0.1, 0.15) is 0 Å². The summed E-state index contributed by atoms with van der Waals surface area (Å²) in [7, 11) is 0. The SMILES string of the molecule is CCC1(CC)NN1. The fraction of sp³-hybridized carbons (Fsp3) is 1.00. The third-order valence-corrected chi connectivity index (χ3v) is 1.69. The molecule has 0 atom stereocenters. The van der Waals surface area contributed by atoms with Gasteiger partial charge in [-0.1, -0.05) is 13.8 Å². The van der Waals surface area contributed by atoms with Crippen LogP contribution in [0.15, 0.2) is 0 Å². The highest BCUT2D eigenvalue weighted by Gasteiger charge is 2.36. The zero-order valence-corrected chi connectivity index (χ0v) is 4.91. The molecule has 0 bridgehead atoms. The molecule has 0 amide bonds. The Hall–Kier alpha value is -0.0800. The molecule has 7 heavy (non-hydrogen) atoms. The van der Waals surface area contributed by atoms with Crippen molar-refractivity contribution in [2.24, 2.45) is 0 Å². The summed E-state index contributed by atoms with van der Waals surface area (Å²) in [6, 6.07) is 0. The number of hydrogen-bond acceptors (Lipinski definition) is 2. The number of rotatable bonds is 2. The Morgan fingerprint density at radius 1 is 1.14 bits per heavy atom. The second kappa shape index (κ2) is 1.46. The molecule has 1 saturated heterocycles. The molecule has 0 spiro atoms. The van der Waals surface area contributed by atoms with Gasteiger partial charge in [-0.3, -0.25) is 0 Å². The van der Waals surface area contributed by atoms with Crippen LogP contribution in [0.4, 0.5) is 0 Å². The number of nitrogens with one attached hydrogen (secondary N) is 2. The fourth-order valence-corrected chi connectivity index (χ4v) is 0.692. The van der Waals surface area contributed by atoms with E-state index >= 15 is 0 Å². The molecule has 1 aliphatic rings. The molecule has 0 aromatic carbocycles. The quantitative estimate of drug-likeness (QED) is 0.499. The summed E-state index contributed by atoms with van der Waals surface area (Å²) in [5.41, 5.74) is 6.53. The summed E-state index contributed by atoms with van der Waals surface area (Å²) in [5.74, 6) is 0. The van der Waals surface area contributed by atoms with Crippen LogP contribution in [0.25, 0.3) is 0 Å². The Morgan fingerprint density at radius 3 is 1.57 bits per heavy atom.